The summed E-state index contributed by atoms with van der Waals surface area (Å²) in [6.07, 6.45) is 2.71. The van der Waals surface area contributed by atoms with Gasteiger partial charge in [0.05, 0.1) is 18.2 Å². The zero-order chi connectivity index (χ0) is 14.3. The van der Waals surface area contributed by atoms with Crippen LogP contribution in [0.3, 0.4) is 0 Å². The highest BCUT2D eigenvalue weighted by molar-refractivity contribution is 5.51. The van der Waals surface area contributed by atoms with Gasteiger partial charge in [0.15, 0.2) is 11.6 Å². The number of anilines is 1. The van der Waals surface area contributed by atoms with Crippen molar-refractivity contribution in [3.63, 3.8) is 0 Å². The Morgan fingerprint density at radius 2 is 2.00 bits per heavy atom. The molecule has 1 atom stereocenters. The number of ether oxygens (including phenoxy) is 1. The van der Waals surface area contributed by atoms with Gasteiger partial charge < -0.3 is 10.1 Å². The second-order valence-electron chi connectivity index (χ2n) is 4.37. The van der Waals surface area contributed by atoms with Crippen LogP contribution in [0.15, 0.2) is 12.1 Å². The van der Waals surface area contributed by atoms with Gasteiger partial charge in [0.1, 0.15) is 5.69 Å². The molecule has 1 N–H and O–H groups in total. The fourth-order valence-electron chi connectivity index (χ4n) is 1.83. The lowest BCUT2D eigenvalue weighted by Crippen LogP contribution is -2.26. The van der Waals surface area contributed by atoms with E-state index < -0.39 is 11.6 Å². The van der Waals surface area contributed by atoms with E-state index in [9.17, 15) is 8.78 Å². The lowest BCUT2D eigenvalue weighted by molar-refractivity contribution is 0.181. The lowest BCUT2D eigenvalue weighted by atomic mass is 10.1. The minimum atomic E-state index is -0.755. The van der Waals surface area contributed by atoms with Crippen molar-refractivity contribution in [2.75, 3.05) is 19.0 Å². The Balaban J connectivity index is 2.87. The van der Waals surface area contributed by atoms with E-state index in [-0.39, 0.29) is 17.3 Å². The number of rotatable bonds is 7. The van der Waals surface area contributed by atoms with Gasteiger partial charge >= 0.3 is 0 Å². The quantitative estimate of drug-likeness (QED) is 0.823. The number of nitrogens with one attached hydrogen (secondary N) is 1. The Kier molecular flexibility index (Phi) is 6.23. The van der Waals surface area contributed by atoms with Crippen molar-refractivity contribution >= 4 is 5.69 Å². The van der Waals surface area contributed by atoms with Gasteiger partial charge in [-0.15, -0.1) is 0 Å². The first-order valence-corrected chi connectivity index (χ1v) is 6.27. The molecule has 5 heteroatoms. The molecular weight excluding hydrogens is 250 g/mol. The summed E-state index contributed by atoms with van der Waals surface area (Å²) in [5.74, 6) is -1.51. The van der Waals surface area contributed by atoms with Gasteiger partial charge in [-0.05, 0) is 18.6 Å². The molecule has 0 aliphatic heterocycles. The number of nitrogens with zero attached hydrogens (tertiary/aromatic N) is 1. The predicted octanol–water partition coefficient (Wildman–Crippen LogP) is 3.45. The van der Waals surface area contributed by atoms with Crippen molar-refractivity contribution in [2.24, 2.45) is 0 Å². The van der Waals surface area contributed by atoms with E-state index in [1.54, 1.807) is 13.2 Å². The van der Waals surface area contributed by atoms with Crippen molar-refractivity contribution < 1.29 is 13.5 Å². The van der Waals surface area contributed by atoms with Crippen molar-refractivity contribution in [2.45, 2.75) is 32.2 Å². The highest BCUT2D eigenvalue weighted by Crippen LogP contribution is 2.22. The zero-order valence-electron chi connectivity index (χ0n) is 11.2. The molecular formula is C14H18F2N2O. The molecule has 19 heavy (non-hydrogen) atoms. The summed E-state index contributed by atoms with van der Waals surface area (Å²) < 4.78 is 32.5. The maximum atomic E-state index is 13.7. The second-order valence-corrected chi connectivity index (χ2v) is 4.37. The number of halogens is 2. The molecule has 0 amide bonds. The van der Waals surface area contributed by atoms with Crippen LogP contribution in [-0.2, 0) is 4.74 Å². The van der Waals surface area contributed by atoms with E-state index in [1.807, 2.05) is 6.92 Å². The van der Waals surface area contributed by atoms with E-state index in [2.05, 4.69) is 5.32 Å². The highest BCUT2D eigenvalue weighted by Gasteiger charge is 2.15. The van der Waals surface area contributed by atoms with Crippen LogP contribution in [0, 0.1) is 23.0 Å². The standard InChI is InChI=1S/C14H18F2N2O/c1-3-4-5-11(9-19-2)18-14-12(15)6-10(8-17)7-13(14)16/h6-7,11,18H,3-5,9H2,1-2H3. The Morgan fingerprint density at radius 3 is 2.47 bits per heavy atom. The van der Waals surface area contributed by atoms with Crippen molar-refractivity contribution in [1.29, 1.82) is 5.26 Å². The smallest absolute Gasteiger partial charge is 0.150 e. The predicted molar refractivity (Wildman–Crippen MR) is 69.9 cm³/mol. The van der Waals surface area contributed by atoms with Gasteiger partial charge in [0, 0.05) is 13.2 Å². The Bertz CT molecular complexity index is 434. The van der Waals surface area contributed by atoms with Gasteiger partial charge in [-0.3, -0.25) is 0 Å². The number of hydrogen-bond acceptors (Lipinski definition) is 3. The average molecular weight is 268 g/mol. The molecule has 0 radical (unpaired) electrons. The summed E-state index contributed by atoms with van der Waals surface area (Å²) in [5, 5.41) is 11.5. The van der Waals surface area contributed by atoms with Gasteiger partial charge in [-0.1, -0.05) is 19.8 Å². The second kappa shape index (κ2) is 7.70. The Hall–Kier alpha value is -1.67. The number of hydrogen-bond donors (Lipinski definition) is 1. The lowest BCUT2D eigenvalue weighted by Gasteiger charge is -2.19. The maximum Gasteiger partial charge on any atom is 0.150 e. The normalized spacial score (nSPS) is 11.9. The molecule has 1 aromatic carbocycles. The monoisotopic (exact) mass is 268 g/mol. The number of unbranched alkanes of at least 4 members (excludes halogenated alkanes) is 1. The van der Waals surface area contributed by atoms with Crippen LogP contribution in [0.4, 0.5) is 14.5 Å². The van der Waals surface area contributed by atoms with Gasteiger partial charge in [0.2, 0.25) is 0 Å². The SMILES string of the molecule is CCCCC(COC)Nc1c(F)cc(C#N)cc1F. The molecule has 1 aromatic rings. The molecule has 1 rings (SSSR count). The summed E-state index contributed by atoms with van der Waals surface area (Å²) in [5.41, 5.74) is -0.227. The summed E-state index contributed by atoms with van der Waals surface area (Å²) in [7, 11) is 1.55. The van der Waals surface area contributed by atoms with E-state index in [4.69, 9.17) is 10.00 Å². The molecule has 104 valence electrons. The summed E-state index contributed by atoms with van der Waals surface area (Å²) in [6.45, 7) is 2.42. The summed E-state index contributed by atoms with van der Waals surface area (Å²) >= 11 is 0. The first-order chi connectivity index (χ1) is 9.12. The molecule has 0 spiro atoms. The van der Waals surface area contributed by atoms with Crippen LogP contribution < -0.4 is 5.32 Å². The Morgan fingerprint density at radius 1 is 1.37 bits per heavy atom. The molecule has 0 bridgehead atoms. The number of nitriles is 1. The summed E-state index contributed by atoms with van der Waals surface area (Å²) in [4.78, 5) is 0. The minimum Gasteiger partial charge on any atom is -0.383 e. The van der Waals surface area contributed by atoms with Crippen LogP contribution in [0.2, 0.25) is 0 Å². The van der Waals surface area contributed by atoms with Crippen molar-refractivity contribution in [1.82, 2.24) is 0 Å². The van der Waals surface area contributed by atoms with E-state index in [0.29, 0.717) is 6.61 Å². The van der Waals surface area contributed by atoms with Crippen molar-refractivity contribution in [3.8, 4) is 6.07 Å². The van der Waals surface area contributed by atoms with Crippen LogP contribution in [0.5, 0.6) is 0 Å². The molecule has 1 unspecified atom stereocenters. The van der Waals surface area contributed by atoms with E-state index >= 15 is 0 Å². The van der Waals surface area contributed by atoms with Crippen LogP contribution in [-0.4, -0.2) is 19.8 Å². The van der Waals surface area contributed by atoms with Crippen molar-refractivity contribution in [3.05, 3.63) is 29.3 Å². The number of benzene rings is 1. The molecule has 0 fully saturated rings. The van der Waals surface area contributed by atoms with E-state index in [0.717, 1.165) is 31.4 Å². The topological polar surface area (TPSA) is 45.0 Å². The highest BCUT2D eigenvalue weighted by atomic mass is 19.1. The van der Waals surface area contributed by atoms with Gasteiger partial charge in [0.25, 0.3) is 0 Å². The molecule has 0 saturated carbocycles. The van der Waals surface area contributed by atoms with Gasteiger partial charge in [-0.2, -0.15) is 5.26 Å². The average Bonchev–Trinajstić information content (AvgIpc) is 2.39. The van der Waals surface area contributed by atoms with Crippen LogP contribution >= 0.6 is 0 Å². The van der Waals surface area contributed by atoms with Gasteiger partial charge in [-0.25, -0.2) is 8.78 Å². The Labute approximate surface area is 112 Å². The third kappa shape index (κ3) is 4.49. The third-order valence-corrected chi connectivity index (χ3v) is 2.79. The molecule has 0 aromatic heterocycles. The largest absolute Gasteiger partial charge is 0.383 e. The fraction of sp³-hybridized carbons (Fsp3) is 0.500. The zero-order valence-corrected chi connectivity index (χ0v) is 11.2. The minimum absolute atomic E-state index is 0.0302. The van der Waals surface area contributed by atoms with Crippen LogP contribution in [0.25, 0.3) is 0 Å². The maximum absolute atomic E-state index is 13.7. The van der Waals surface area contributed by atoms with E-state index in [1.165, 1.54) is 0 Å². The molecule has 0 heterocycles. The third-order valence-electron chi connectivity index (χ3n) is 2.79. The number of methoxy groups -OCH3 is 1. The molecule has 0 saturated heterocycles. The molecule has 3 nitrogen and oxygen atoms in total. The van der Waals surface area contributed by atoms with Crippen LogP contribution in [0.1, 0.15) is 31.7 Å². The first kappa shape index (κ1) is 15.4. The molecule has 0 aliphatic carbocycles. The summed E-state index contributed by atoms with van der Waals surface area (Å²) in [6, 6.07) is 3.61. The molecule has 0 aliphatic rings. The first-order valence-electron chi connectivity index (χ1n) is 6.27. The fourth-order valence-corrected chi connectivity index (χ4v) is 1.83.